The number of rotatable bonds is 3. The Bertz CT molecular complexity index is 531. The lowest BCUT2D eigenvalue weighted by atomic mass is 10.0. The molecule has 0 amide bonds. The van der Waals surface area contributed by atoms with Gasteiger partial charge in [-0.2, -0.15) is 5.10 Å². The Morgan fingerprint density at radius 3 is 2.88 bits per heavy atom. The van der Waals surface area contributed by atoms with E-state index in [9.17, 15) is 5.11 Å². The summed E-state index contributed by atoms with van der Waals surface area (Å²) in [5.74, 6) is 0.119. The summed E-state index contributed by atoms with van der Waals surface area (Å²) in [5.41, 5.74) is 9.07. The summed E-state index contributed by atoms with van der Waals surface area (Å²) in [5, 5.41) is 13.9. The number of phenols is 1. The predicted molar refractivity (Wildman–Crippen MR) is 68.8 cm³/mol. The fourth-order valence-corrected chi connectivity index (χ4v) is 1.88. The minimum Gasteiger partial charge on any atom is -0.506 e. The van der Waals surface area contributed by atoms with Crippen LogP contribution in [-0.2, 0) is 6.54 Å². The molecule has 0 unspecified atom stereocenters. The van der Waals surface area contributed by atoms with E-state index in [1.807, 2.05) is 24.0 Å². The van der Waals surface area contributed by atoms with Gasteiger partial charge in [0.05, 0.1) is 11.9 Å². The number of phenolic OH excluding ortho intramolecular Hbond substituents is 1. The van der Waals surface area contributed by atoms with Gasteiger partial charge in [-0.1, -0.05) is 6.92 Å². The molecule has 4 nitrogen and oxygen atoms in total. The van der Waals surface area contributed by atoms with Crippen molar-refractivity contribution in [3.8, 4) is 16.9 Å². The van der Waals surface area contributed by atoms with Gasteiger partial charge in [-0.05, 0) is 36.6 Å². The molecule has 0 aliphatic rings. The number of nitrogens with zero attached hydrogens (tertiary/aromatic N) is 2. The molecule has 3 N–H and O–H groups in total. The Kier molecular flexibility index (Phi) is 3.04. The highest BCUT2D eigenvalue weighted by atomic mass is 16.3. The fourth-order valence-electron chi connectivity index (χ4n) is 1.88. The van der Waals surface area contributed by atoms with Crippen molar-refractivity contribution in [1.29, 1.82) is 0 Å². The molecule has 1 heterocycles. The molecule has 0 aliphatic heterocycles. The van der Waals surface area contributed by atoms with Gasteiger partial charge >= 0.3 is 0 Å². The highest BCUT2D eigenvalue weighted by molar-refractivity contribution is 5.72. The van der Waals surface area contributed by atoms with Crippen molar-refractivity contribution in [3.63, 3.8) is 0 Å². The van der Waals surface area contributed by atoms with Crippen LogP contribution in [0.3, 0.4) is 0 Å². The average molecular weight is 231 g/mol. The first-order valence-corrected chi connectivity index (χ1v) is 5.73. The minimum absolute atomic E-state index is 0.119. The summed E-state index contributed by atoms with van der Waals surface area (Å²) in [6.07, 6.45) is 4.85. The van der Waals surface area contributed by atoms with E-state index < -0.39 is 0 Å². The SMILES string of the molecule is CCCn1cc(-c2cc(O)c(N)cc2C)cn1. The van der Waals surface area contributed by atoms with Crippen molar-refractivity contribution < 1.29 is 5.11 Å². The molecule has 0 spiro atoms. The minimum atomic E-state index is 0.119. The number of hydrogen-bond acceptors (Lipinski definition) is 3. The Morgan fingerprint density at radius 1 is 1.41 bits per heavy atom. The maximum absolute atomic E-state index is 9.64. The van der Waals surface area contributed by atoms with Crippen LogP contribution in [0.2, 0.25) is 0 Å². The molecule has 0 fully saturated rings. The third-order valence-corrected chi connectivity index (χ3v) is 2.77. The number of hydrogen-bond donors (Lipinski definition) is 2. The number of nitrogen functional groups attached to an aromatic ring is 1. The van der Waals surface area contributed by atoms with Gasteiger partial charge < -0.3 is 10.8 Å². The molecule has 2 rings (SSSR count). The van der Waals surface area contributed by atoms with Gasteiger partial charge in [0.2, 0.25) is 0 Å². The first-order valence-electron chi connectivity index (χ1n) is 5.73. The highest BCUT2D eigenvalue weighted by Gasteiger charge is 2.08. The van der Waals surface area contributed by atoms with Crippen molar-refractivity contribution in [3.05, 3.63) is 30.1 Å². The summed E-state index contributed by atoms with van der Waals surface area (Å²) in [7, 11) is 0. The van der Waals surface area contributed by atoms with Crippen LogP contribution < -0.4 is 5.73 Å². The molecular formula is C13H17N3O. The van der Waals surface area contributed by atoms with E-state index >= 15 is 0 Å². The average Bonchev–Trinajstić information content (AvgIpc) is 2.72. The van der Waals surface area contributed by atoms with E-state index in [1.54, 1.807) is 12.1 Å². The topological polar surface area (TPSA) is 64.1 Å². The third-order valence-electron chi connectivity index (χ3n) is 2.77. The first kappa shape index (κ1) is 11.5. The lowest BCUT2D eigenvalue weighted by molar-refractivity contribution is 0.478. The number of aryl methyl sites for hydroxylation is 2. The number of nitrogens with two attached hydrogens (primary N) is 1. The summed E-state index contributed by atoms with van der Waals surface area (Å²) in [4.78, 5) is 0. The van der Waals surface area contributed by atoms with Crippen LogP contribution in [0.1, 0.15) is 18.9 Å². The maximum Gasteiger partial charge on any atom is 0.139 e. The molecule has 0 saturated heterocycles. The second kappa shape index (κ2) is 4.49. The van der Waals surface area contributed by atoms with Crippen LogP contribution in [0.15, 0.2) is 24.5 Å². The van der Waals surface area contributed by atoms with Gasteiger partial charge in [0.1, 0.15) is 5.75 Å². The van der Waals surface area contributed by atoms with Gasteiger partial charge in [-0.25, -0.2) is 0 Å². The van der Waals surface area contributed by atoms with Gasteiger partial charge in [-0.15, -0.1) is 0 Å². The van der Waals surface area contributed by atoms with Gasteiger partial charge in [-0.3, -0.25) is 4.68 Å². The van der Waals surface area contributed by atoms with E-state index in [4.69, 9.17) is 5.73 Å². The first-order chi connectivity index (χ1) is 8.11. The zero-order valence-corrected chi connectivity index (χ0v) is 10.1. The van der Waals surface area contributed by atoms with E-state index in [0.29, 0.717) is 5.69 Å². The summed E-state index contributed by atoms with van der Waals surface area (Å²) in [6, 6.07) is 3.47. The second-order valence-corrected chi connectivity index (χ2v) is 4.22. The molecule has 1 aromatic heterocycles. The predicted octanol–water partition coefficient (Wildman–Crippen LogP) is 2.56. The molecule has 90 valence electrons. The summed E-state index contributed by atoms with van der Waals surface area (Å²) in [6.45, 7) is 4.99. The Hall–Kier alpha value is -1.97. The zero-order chi connectivity index (χ0) is 12.4. The molecule has 17 heavy (non-hydrogen) atoms. The molecule has 0 aliphatic carbocycles. The molecular weight excluding hydrogens is 214 g/mol. The van der Waals surface area contributed by atoms with E-state index in [2.05, 4.69) is 12.0 Å². The Morgan fingerprint density at radius 2 is 2.18 bits per heavy atom. The molecule has 2 aromatic rings. The number of aromatic nitrogens is 2. The third kappa shape index (κ3) is 2.25. The standard InChI is InChI=1S/C13H17N3O/c1-3-4-16-8-10(7-15-16)11-6-13(17)12(14)5-9(11)2/h5-8,17H,3-4,14H2,1-2H3. The number of benzene rings is 1. The van der Waals surface area contributed by atoms with Crippen LogP contribution in [0.25, 0.3) is 11.1 Å². The quantitative estimate of drug-likeness (QED) is 0.630. The molecule has 1 aromatic carbocycles. The van der Waals surface area contributed by atoms with Gasteiger partial charge in [0.15, 0.2) is 0 Å². The zero-order valence-electron chi connectivity index (χ0n) is 10.1. The van der Waals surface area contributed by atoms with Crippen molar-refractivity contribution in [2.75, 3.05) is 5.73 Å². The maximum atomic E-state index is 9.64. The molecule has 0 atom stereocenters. The lowest BCUT2D eigenvalue weighted by Gasteiger charge is -2.06. The summed E-state index contributed by atoms with van der Waals surface area (Å²) >= 11 is 0. The summed E-state index contributed by atoms with van der Waals surface area (Å²) < 4.78 is 1.90. The molecule has 4 heteroatoms. The van der Waals surface area contributed by atoms with Gasteiger partial charge in [0, 0.05) is 18.3 Å². The van der Waals surface area contributed by atoms with Crippen LogP contribution in [-0.4, -0.2) is 14.9 Å². The van der Waals surface area contributed by atoms with Crippen LogP contribution in [0.5, 0.6) is 5.75 Å². The van der Waals surface area contributed by atoms with Crippen LogP contribution in [0.4, 0.5) is 5.69 Å². The lowest BCUT2D eigenvalue weighted by Crippen LogP contribution is -1.95. The smallest absolute Gasteiger partial charge is 0.139 e. The molecule has 0 radical (unpaired) electrons. The Labute approximate surface area is 101 Å². The number of aromatic hydroxyl groups is 1. The second-order valence-electron chi connectivity index (χ2n) is 4.22. The van der Waals surface area contributed by atoms with E-state index in [-0.39, 0.29) is 5.75 Å². The normalized spacial score (nSPS) is 10.7. The largest absolute Gasteiger partial charge is 0.506 e. The van der Waals surface area contributed by atoms with E-state index in [1.165, 1.54) is 0 Å². The monoisotopic (exact) mass is 231 g/mol. The van der Waals surface area contributed by atoms with Crippen molar-refractivity contribution >= 4 is 5.69 Å². The van der Waals surface area contributed by atoms with Crippen LogP contribution in [0, 0.1) is 6.92 Å². The number of anilines is 1. The van der Waals surface area contributed by atoms with E-state index in [0.717, 1.165) is 29.7 Å². The highest BCUT2D eigenvalue weighted by Crippen LogP contribution is 2.31. The molecule has 0 saturated carbocycles. The molecule has 0 bridgehead atoms. The van der Waals surface area contributed by atoms with Crippen LogP contribution >= 0.6 is 0 Å². The van der Waals surface area contributed by atoms with Crippen molar-refractivity contribution in [1.82, 2.24) is 9.78 Å². The fraction of sp³-hybridized carbons (Fsp3) is 0.308. The van der Waals surface area contributed by atoms with Gasteiger partial charge in [0.25, 0.3) is 0 Å². The van der Waals surface area contributed by atoms with Crippen molar-refractivity contribution in [2.24, 2.45) is 0 Å². The van der Waals surface area contributed by atoms with Crippen molar-refractivity contribution in [2.45, 2.75) is 26.8 Å². The Balaban J connectivity index is 2.41.